The van der Waals surface area contributed by atoms with Gasteiger partial charge in [-0.15, -0.1) is 0 Å². The van der Waals surface area contributed by atoms with Crippen LogP contribution in [0.15, 0.2) is 42.5 Å². The van der Waals surface area contributed by atoms with Gasteiger partial charge < -0.3 is 20.5 Å². The molecule has 1 heterocycles. The zero-order valence-electron chi connectivity index (χ0n) is 20.1. The number of ether oxygens (including phenoxy) is 1. The minimum absolute atomic E-state index is 0.00918. The number of hydrogen-bond acceptors (Lipinski definition) is 5. The lowest BCUT2D eigenvalue weighted by Gasteiger charge is -2.42. The summed E-state index contributed by atoms with van der Waals surface area (Å²) in [4.78, 5) is 27.6. The molecule has 2 amide bonds. The van der Waals surface area contributed by atoms with E-state index in [1.165, 1.54) is 17.0 Å². The quantitative estimate of drug-likeness (QED) is 0.485. The summed E-state index contributed by atoms with van der Waals surface area (Å²) in [5.74, 6) is -1.01. The first-order valence-corrected chi connectivity index (χ1v) is 11.6. The molecule has 9 heteroatoms. The van der Waals surface area contributed by atoms with E-state index in [2.05, 4.69) is 10.6 Å². The van der Waals surface area contributed by atoms with Crippen molar-refractivity contribution in [2.45, 2.75) is 56.8 Å². The Labute approximate surface area is 204 Å². The van der Waals surface area contributed by atoms with Gasteiger partial charge in [0.25, 0.3) is 5.91 Å². The fourth-order valence-electron chi connectivity index (χ4n) is 4.89. The van der Waals surface area contributed by atoms with E-state index in [1.807, 2.05) is 19.9 Å². The minimum Gasteiger partial charge on any atom is -0.390 e. The van der Waals surface area contributed by atoms with Gasteiger partial charge in [0.1, 0.15) is 5.82 Å². The summed E-state index contributed by atoms with van der Waals surface area (Å²) in [7, 11) is 1.57. The maximum atomic E-state index is 13.8. The van der Waals surface area contributed by atoms with E-state index in [4.69, 9.17) is 10.1 Å². The molecule has 0 bridgehead atoms. The van der Waals surface area contributed by atoms with E-state index in [1.54, 1.807) is 31.4 Å². The molecule has 1 aliphatic carbocycles. The maximum absolute atomic E-state index is 13.8. The number of nitrogens with zero attached hydrogens (tertiary/aromatic N) is 1. The average Bonchev–Trinajstić information content (AvgIpc) is 3.09. The van der Waals surface area contributed by atoms with E-state index in [0.717, 1.165) is 5.56 Å². The molecule has 4 rings (SSSR count). The fourth-order valence-corrected chi connectivity index (χ4v) is 4.89. The van der Waals surface area contributed by atoms with Crippen molar-refractivity contribution in [3.05, 3.63) is 70.5 Å². The van der Waals surface area contributed by atoms with Gasteiger partial charge in [-0.1, -0.05) is 18.2 Å². The lowest BCUT2D eigenvalue weighted by atomic mass is 9.93. The highest BCUT2D eigenvalue weighted by Gasteiger charge is 2.39. The molecule has 2 aromatic carbocycles. The van der Waals surface area contributed by atoms with Gasteiger partial charge in [-0.25, -0.2) is 4.39 Å². The smallest absolute Gasteiger partial charge is 0.251 e. The highest BCUT2D eigenvalue weighted by Crippen LogP contribution is 2.33. The summed E-state index contributed by atoms with van der Waals surface area (Å²) in [6, 6.07) is 9.95. The Bertz CT molecular complexity index is 1130. The van der Waals surface area contributed by atoms with E-state index < -0.39 is 35.5 Å². The van der Waals surface area contributed by atoms with Crippen molar-refractivity contribution in [3.63, 3.8) is 0 Å². The SMILES string of the molecule is COCC[C@H](c1cccc(C(=O)NC2c3cc(F)ccc3CC2O)c1)N1C(=N)NC(C)(C)CC1=O. The highest BCUT2D eigenvalue weighted by atomic mass is 19.1. The van der Waals surface area contributed by atoms with Gasteiger partial charge in [0.2, 0.25) is 5.91 Å². The molecule has 4 N–H and O–H groups in total. The fraction of sp³-hybridized carbons (Fsp3) is 0.423. The second kappa shape index (κ2) is 9.75. The summed E-state index contributed by atoms with van der Waals surface area (Å²) in [5, 5.41) is 24.8. The number of hydrogen-bond donors (Lipinski definition) is 4. The first-order chi connectivity index (χ1) is 16.6. The van der Waals surface area contributed by atoms with Crippen LogP contribution in [0, 0.1) is 11.2 Å². The Balaban J connectivity index is 1.59. The number of carbonyl (C=O) groups is 2. The van der Waals surface area contributed by atoms with E-state index >= 15 is 0 Å². The van der Waals surface area contributed by atoms with Crippen LogP contribution in [0.4, 0.5) is 4.39 Å². The van der Waals surface area contributed by atoms with Crippen molar-refractivity contribution in [1.82, 2.24) is 15.5 Å². The number of guanidine groups is 1. The van der Waals surface area contributed by atoms with Crippen molar-refractivity contribution < 1.29 is 23.8 Å². The number of fused-ring (bicyclic) bond motifs is 1. The molecule has 1 fully saturated rings. The zero-order chi connectivity index (χ0) is 25.3. The Hall–Kier alpha value is -3.30. The van der Waals surface area contributed by atoms with Crippen molar-refractivity contribution in [3.8, 4) is 0 Å². The van der Waals surface area contributed by atoms with Gasteiger partial charge in [0, 0.05) is 37.7 Å². The highest BCUT2D eigenvalue weighted by molar-refractivity contribution is 5.99. The topological polar surface area (TPSA) is 115 Å². The first-order valence-electron chi connectivity index (χ1n) is 11.6. The lowest BCUT2D eigenvalue weighted by Crippen LogP contribution is -2.60. The molecule has 2 aliphatic rings. The number of amides is 2. The van der Waals surface area contributed by atoms with Crippen LogP contribution < -0.4 is 10.6 Å². The first kappa shape index (κ1) is 24.8. The van der Waals surface area contributed by atoms with Crippen LogP contribution in [0.25, 0.3) is 0 Å². The second-order valence-corrected chi connectivity index (χ2v) is 9.79. The van der Waals surface area contributed by atoms with Gasteiger partial charge in [-0.05, 0) is 61.2 Å². The molecule has 35 heavy (non-hydrogen) atoms. The van der Waals surface area contributed by atoms with Crippen LogP contribution in [0.1, 0.15) is 65.8 Å². The van der Waals surface area contributed by atoms with Gasteiger partial charge in [-0.2, -0.15) is 0 Å². The lowest BCUT2D eigenvalue weighted by molar-refractivity contribution is -0.132. The monoisotopic (exact) mass is 482 g/mol. The van der Waals surface area contributed by atoms with Crippen LogP contribution >= 0.6 is 0 Å². The third-order valence-electron chi connectivity index (χ3n) is 6.54. The Morgan fingerprint density at radius 2 is 2.11 bits per heavy atom. The molecule has 2 unspecified atom stereocenters. The van der Waals surface area contributed by atoms with Gasteiger partial charge >= 0.3 is 0 Å². The van der Waals surface area contributed by atoms with E-state index in [-0.39, 0.29) is 18.3 Å². The number of aliphatic hydroxyl groups excluding tert-OH is 1. The van der Waals surface area contributed by atoms with Crippen molar-refractivity contribution in [1.29, 1.82) is 5.41 Å². The molecule has 8 nitrogen and oxygen atoms in total. The molecule has 186 valence electrons. The minimum atomic E-state index is -0.853. The Morgan fingerprint density at radius 3 is 2.83 bits per heavy atom. The summed E-state index contributed by atoms with van der Waals surface area (Å²) in [6.07, 6.45) is 0.150. The summed E-state index contributed by atoms with van der Waals surface area (Å²) < 4.78 is 19.0. The van der Waals surface area contributed by atoms with Crippen LogP contribution in [0.3, 0.4) is 0 Å². The number of benzene rings is 2. The standard InChI is InChI=1S/C26H31FN4O4/c1-26(2)14-22(33)31(25(28)30-26)20(9-10-35-3)16-5-4-6-17(11-16)24(34)29-23-19-13-18(27)8-7-15(19)12-21(23)32/h4-8,11,13,20-21,23,32H,9-10,12,14H2,1-3H3,(H2,28,30)(H,29,34)/t20-,21?,23?/m1/s1. The Kier molecular flexibility index (Phi) is 6.91. The van der Waals surface area contributed by atoms with Crippen molar-refractivity contribution in [2.24, 2.45) is 0 Å². The average molecular weight is 483 g/mol. The van der Waals surface area contributed by atoms with Crippen molar-refractivity contribution in [2.75, 3.05) is 13.7 Å². The third kappa shape index (κ3) is 5.21. The molecule has 0 radical (unpaired) electrons. The predicted molar refractivity (Wildman–Crippen MR) is 128 cm³/mol. The van der Waals surface area contributed by atoms with Crippen LogP contribution in [-0.4, -0.2) is 53.1 Å². The molecular weight excluding hydrogens is 451 g/mol. The van der Waals surface area contributed by atoms with Crippen LogP contribution in [-0.2, 0) is 16.0 Å². The molecule has 0 aromatic heterocycles. The number of methoxy groups -OCH3 is 1. The predicted octanol–water partition coefficient (Wildman–Crippen LogP) is 2.83. The summed E-state index contributed by atoms with van der Waals surface area (Å²) >= 11 is 0. The molecular formula is C26H31FN4O4. The summed E-state index contributed by atoms with van der Waals surface area (Å²) in [6.45, 7) is 4.10. The number of carbonyl (C=O) groups excluding carboxylic acids is 2. The number of halogens is 1. The number of aliphatic hydroxyl groups is 1. The van der Waals surface area contributed by atoms with Gasteiger partial charge in [0.15, 0.2) is 5.96 Å². The largest absolute Gasteiger partial charge is 0.390 e. The zero-order valence-corrected chi connectivity index (χ0v) is 20.1. The van der Waals surface area contributed by atoms with Crippen molar-refractivity contribution >= 4 is 17.8 Å². The molecule has 3 atom stereocenters. The molecule has 1 saturated heterocycles. The number of rotatable bonds is 7. The molecule has 2 aromatic rings. The number of nitrogens with one attached hydrogen (secondary N) is 3. The third-order valence-corrected chi connectivity index (χ3v) is 6.54. The van der Waals surface area contributed by atoms with Crippen LogP contribution in [0.5, 0.6) is 0 Å². The normalized spacial score (nSPS) is 21.9. The van der Waals surface area contributed by atoms with Gasteiger partial charge in [-0.3, -0.25) is 19.9 Å². The van der Waals surface area contributed by atoms with E-state index in [0.29, 0.717) is 36.1 Å². The summed E-state index contributed by atoms with van der Waals surface area (Å²) in [5.41, 5.74) is 1.88. The Morgan fingerprint density at radius 1 is 1.34 bits per heavy atom. The molecule has 1 aliphatic heterocycles. The second-order valence-electron chi connectivity index (χ2n) is 9.79. The maximum Gasteiger partial charge on any atom is 0.251 e. The molecule has 0 saturated carbocycles. The van der Waals surface area contributed by atoms with E-state index in [9.17, 15) is 19.1 Å². The van der Waals surface area contributed by atoms with Gasteiger partial charge in [0.05, 0.1) is 18.2 Å². The van der Waals surface area contributed by atoms with Crippen LogP contribution in [0.2, 0.25) is 0 Å². The molecule has 0 spiro atoms.